The van der Waals surface area contributed by atoms with E-state index in [1.165, 1.54) is 0 Å². The van der Waals surface area contributed by atoms with E-state index in [1.54, 1.807) is 29.1 Å². The van der Waals surface area contributed by atoms with Crippen LogP contribution in [0.15, 0.2) is 53.1 Å². The number of nitrogens with zero attached hydrogens (tertiary/aromatic N) is 2. The number of nitrogens with one attached hydrogen (secondary N) is 1. The molecular formula is C23H26BrN3O4. The molecule has 0 fully saturated rings. The molecule has 8 heteroatoms. The molecule has 3 rings (SSSR count). The standard InChI is InChI=1S/C23H26BrN3O4/c1-4-29-19-13-17(14-20(30-5-2)22(19)31-6-3)23(28)26-21-11-12-25-27(21)15-16-7-9-18(24)10-8-16/h7-14H,4-6,15H2,1-3H3,(H,26,28). The smallest absolute Gasteiger partial charge is 0.257 e. The summed E-state index contributed by atoms with van der Waals surface area (Å²) < 4.78 is 19.9. The van der Waals surface area contributed by atoms with Gasteiger partial charge in [-0.2, -0.15) is 5.10 Å². The Morgan fingerprint density at radius 2 is 1.58 bits per heavy atom. The van der Waals surface area contributed by atoms with Gasteiger partial charge in [-0.05, 0) is 50.6 Å². The highest BCUT2D eigenvalue weighted by Gasteiger charge is 2.19. The van der Waals surface area contributed by atoms with Crippen LogP contribution in [0.3, 0.4) is 0 Å². The molecule has 0 aliphatic carbocycles. The largest absolute Gasteiger partial charge is 0.490 e. The van der Waals surface area contributed by atoms with Gasteiger partial charge in [0.2, 0.25) is 5.75 Å². The first kappa shape index (κ1) is 22.7. The lowest BCUT2D eigenvalue weighted by Gasteiger charge is -2.17. The fourth-order valence-corrected chi connectivity index (χ4v) is 3.30. The van der Waals surface area contributed by atoms with Crippen LogP contribution in [0.25, 0.3) is 0 Å². The Balaban J connectivity index is 1.85. The number of hydrogen-bond donors (Lipinski definition) is 1. The van der Waals surface area contributed by atoms with E-state index in [1.807, 2.05) is 45.0 Å². The fourth-order valence-electron chi connectivity index (χ4n) is 3.04. The molecule has 7 nitrogen and oxygen atoms in total. The number of rotatable bonds is 10. The minimum atomic E-state index is -0.289. The molecule has 1 aromatic heterocycles. The Hall–Kier alpha value is -3.00. The second kappa shape index (κ2) is 10.9. The Morgan fingerprint density at radius 3 is 2.16 bits per heavy atom. The molecule has 0 unspecified atom stereocenters. The highest BCUT2D eigenvalue weighted by atomic mass is 79.9. The van der Waals surface area contributed by atoms with Crippen LogP contribution >= 0.6 is 15.9 Å². The third-order valence-electron chi connectivity index (χ3n) is 4.38. The molecule has 0 saturated heterocycles. The lowest BCUT2D eigenvalue weighted by atomic mass is 10.1. The van der Waals surface area contributed by atoms with Crippen molar-refractivity contribution in [3.05, 3.63) is 64.3 Å². The van der Waals surface area contributed by atoms with Gasteiger partial charge in [0.05, 0.1) is 32.6 Å². The van der Waals surface area contributed by atoms with Gasteiger partial charge in [0.1, 0.15) is 5.82 Å². The first-order chi connectivity index (χ1) is 15.0. The lowest BCUT2D eigenvalue weighted by molar-refractivity contribution is 0.102. The normalized spacial score (nSPS) is 10.6. The molecule has 2 aromatic carbocycles. The summed E-state index contributed by atoms with van der Waals surface area (Å²) in [6, 6.07) is 13.1. The van der Waals surface area contributed by atoms with Crippen molar-refractivity contribution < 1.29 is 19.0 Å². The van der Waals surface area contributed by atoms with E-state index in [0.717, 1.165) is 10.0 Å². The molecule has 1 N–H and O–H groups in total. The zero-order chi connectivity index (χ0) is 22.2. The van der Waals surface area contributed by atoms with Crippen molar-refractivity contribution in [1.29, 1.82) is 0 Å². The van der Waals surface area contributed by atoms with Gasteiger partial charge in [0.25, 0.3) is 5.91 Å². The van der Waals surface area contributed by atoms with Gasteiger partial charge in [-0.25, -0.2) is 4.68 Å². The van der Waals surface area contributed by atoms with Crippen LogP contribution in [-0.2, 0) is 6.54 Å². The van der Waals surface area contributed by atoms with E-state index in [0.29, 0.717) is 55.0 Å². The molecule has 1 heterocycles. The lowest BCUT2D eigenvalue weighted by Crippen LogP contribution is -2.17. The highest BCUT2D eigenvalue weighted by Crippen LogP contribution is 2.39. The monoisotopic (exact) mass is 487 g/mol. The number of aromatic nitrogens is 2. The molecule has 0 spiro atoms. The minimum absolute atomic E-state index is 0.289. The summed E-state index contributed by atoms with van der Waals surface area (Å²) >= 11 is 3.44. The number of carbonyl (C=O) groups is 1. The molecule has 0 atom stereocenters. The zero-order valence-electron chi connectivity index (χ0n) is 17.9. The van der Waals surface area contributed by atoms with Gasteiger partial charge >= 0.3 is 0 Å². The van der Waals surface area contributed by atoms with Gasteiger partial charge in [0, 0.05) is 16.1 Å². The molecule has 0 aliphatic heterocycles. The van der Waals surface area contributed by atoms with Gasteiger partial charge in [-0.3, -0.25) is 4.79 Å². The number of benzene rings is 2. The Morgan fingerprint density at radius 1 is 0.968 bits per heavy atom. The number of amides is 1. The Bertz CT molecular complexity index is 991. The predicted octanol–water partition coefficient (Wildman–Crippen LogP) is 5.14. The van der Waals surface area contributed by atoms with Crippen LogP contribution in [0.4, 0.5) is 5.82 Å². The van der Waals surface area contributed by atoms with Crippen molar-refractivity contribution >= 4 is 27.7 Å². The number of hydrogen-bond acceptors (Lipinski definition) is 5. The van der Waals surface area contributed by atoms with E-state index >= 15 is 0 Å². The maximum absolute atomic E-state index is 13.0. The second-order valence-electron chi connectivity index (χ2n) is 6.56. The van der Waals surface area contributed by atoms with Gasteiger partial charge < -0.3 is 19.5 Å². The fraction of sp³-hybridized carbons (Fsp3) is 0.304. The average Bonchev–Trinajstić information content (AvgIpc) is 3.18. The number of ether oxygens (including phenoxy) is 3. The molecular weight excluding hydrogens is 462 g/mol. The topological polar surface area (TPSA) is 74.6 Å². The van der Waals surface area contributed by atoms with Crippen molar-refractivity contribution in [2.45, 2.75) is 27.3 Å². The number of halogens is 1. The van der Waals surface area contributed by atoms with Crippen LogP contribution in [0.5, 0.6) is 17.2 Å². The molecule has 0 aliphatic rings. The van der Waals surface area contributed by atoms with Crippen LogP contribution in [0, 0.1) is 0 Å². The summed E-state index contributed by atoms with van der Waals surface area (Å²) in [4.78, 5) is 13.0. The molecule has 164 valence electrons. The van der Waals surface area contributed by atoms with Crippen molar-refractivity contribution in [3.63, 3.8) is 0 Å². The molecule has 0 radical (unpaired) electrons. The molecule has 3 aromatic rings. The second-order valence-corrected chi connectivity index (χ2v) is 7.47. The summed E-state index contributed by atoms with van der Waals surface area (Å²) in [7, 11) is 0. The van der Waals surface area contributed by atoms with Gasteiger partial charge in [-0.15, -0.1) is 0 Å². The molecule has 0 bridgehead atoms. The first-order valence-electron chi connectivity index (χ1n) is 10.2. The zero-order valence-corrected chi connectivity index (χ0v) is 19.4. The summed E-state index contributed by atoms with van der Waals surface area (Å²) in [5, 5.41) is 7.26. The average molecular weight is 488 g/mol. The molecule has 1 amide bonds. The quantitative estimate of drug-likeness (QED) is 0.428. The number of anilines is 1. The molecule has 0 saturated carbocycles. The summed E-state index contributed by atoms with van der Waals surface area (Å²) in [6.45, 7) is 7.52. The van der Waals surface area contributed by atoms with Gasteiger partial charge in [-0.1, -0.05) is 28.1 Å². The van der Waals surface area contributed by atoms with Crippen LogP contribution in [0.1, 0.15) is 36.7 Å². The maximum atomic E-state index is 13.0. The van der Waals surface area contributed by atoms with Crippen molar-refractivity contribution in [3.8, 4) is 17.2 Å². The van der Waals surface area contributed by atoms with E-state index in [9.17, 15) is 4.79 Å². The van der Waals surface area contributed by atoms with Crippen molar-refractivity contribution in [2.24, 2.45) is 0 Å². The predicted molar refractivity (Wildman–Crippen MR) is 123 cm³/mol. The minimum Gasteiger partial charge on any atom is -0.490 e. The van der Waals surface area contributed by atoms with Crippen molar-refractivity contribution in [2.75, 3.05) is 25.1 Å². The number of carbonyl (C=O) groups excluding carboxylic acids is 1. The van der Waals surface area contributed by atoms with E-state index in [4.69, 9.17) is 14.2 Å². The SMILES string of the molecule is CCOc1cc(C(=O)Nc2ccnn2Cc2ccc(Br)cc2)cc(OCC)c1OCC. The summed E-state index contributed by atoms with van der Waals surface area (Å²) in [5.74, 6) is 1.76. The Kier molecular flexibility index (Phi) is 7.94. The maximum Gasteiger partial charge on any atom is 0.257 e. The van der Waals surface area contributed by atoms with Crippen molar-refractivity contribution in [1.82, 2.24) is 9.78 Å². The van der Waals surface area contributed by atoms with E-state index in [-0.39, 0.29) is 5.91 Å². The first-order valence-corrected chi connectivity index (χ1v) is 11.0. The third kappa shape index (κ3) is 5.79. The summed E-state index contributed by atoms with van der Waals surface area (Å²) in [6.07, 6.45) is 1.66. The van der Waals surface area contributed by atoms with Crippen LogP contribution < -0.4 is 19.5 Å². The van der Waals surface area contributed by atoms with E-state index < -0.39 is 0 Å². The van der Waals surface area contributed by atoms with Crippen LogP contribution in [-0.4, -0.2) is 35.5 Å². The molecule has 31 heavy (non-hydrogen) atoms. The van der Waals surface area contributed by atoms with Crippen LogP contribution in [0.2, 0.25) is 0 Å². The highest BCUT2D eigenvalue weighted by molar-refractivity contribution is 9.10. The summed E-state index contributed by atoms with van der Waals surface area (Å²) in [5.41, 5.74) is 1.48. The van der Waals surface area contributed by atoms with Gasteiger partial charge in [0.15, 0.2) is 11.5 Å². The van der Waals surface area contributed by atoms with E-state index in [2.05, 4.69) is 26.3 Å². The Labute approximate surface area is 190 Å². The third-order valence-corrected chi connectivity index (χ3v) is 4.90.